The highest BCUT2D eigenvalue weighted by atomic mass is 16.2. The van der Waals surface area contributed by atoms with Crippen LogP contribution in [0.3, 0.4) is 0 Å². The molecule has 1 aromatic carbocycles. The van der Waals surface area contributed by atoms with E-state index in [0.29, 0.717) is 12.6 Å². The molecule has 1 saturated heterocycles. The van der Waals surface area contributed by atoms with Gasteiger partial charge in [-0.05, 0) is 37.1 Å². The van der Waals surface area contributed by atoms with Gasteiger partial charge < -0.3 is 15.5 Å². The number of likely N-dealkylation sites (tertiary alicyclic amines) is 1. The predicted molar refractivity (Wildman–Crippen MR) is 92.4 cm³/mol. The Bertz CT molecular complexity index is 609. The van der Waals surface area contributed by atoms with Crippen molar-refractivity contribution in [3.63, 3.8) is 0 Å². The van der Waals surface area contributed by atoms with Crippen LogP contribution < -0.4 is 10.6 Å². The molecule has 3 rings (SSSR count). The molecule has 1 aromatic heterocycles. The molecular weight excluding hydrogens is 288 g/mol. The minimum atomic E-state index is 0.163. The van der Waals surface area contributed by atoms with Gasteiger partial charge in [0, 0.05) is 42.9 Å². The van der Waals surface area contributed by atoms with Crippen molar-refractivity contribution in [2.75, 3.05) is 30.3 Å². The summed E-state index contributed by atoms with van der Waals surface area (Å²) >= 11 is 0. The van der Waals surface area contributed by atoms with E-state index in [2.05, 4.69) is 15.6 Å². The number of pyridine rings is 1. The van der Waals surface area contributed by atoms with Crippen LogP contribution in [0.2, 0.25) is 0 Å². The molecule has 1 aliphatic heterocycles. The standard InChI is InChI=1S/C18H22N4O/c23-18(14-20-15-4-2-1-3-5-15)22-12-8-17(9-13-22)21-16-6-10-19-11-7-16/h1-7,10-11,17,20H,8-9,12-14H2,(H,19,21). The predicted octanol–water partition coefficient (Wildman–Crippen LogP) is 2.60. The first kappa shape index (κ1) is 15.3. The van der Waals surface area contributed by atoms with Crippen LogP contribution in [-0.2, 0) is 4.79 Å². The van der Waals surface area contributed by atoms with E-state index in [1.807, 2.05) is 47.4 Å². The number of piperidine rings is 1. The van der Waals surface area contributed by atoms with E-state index >= 15 is 0 Å². The molecule has 1 amide bonds. The second-order valence-electron chi connectivity index (χ2n) is 5.75. The highest BCUT2D eigenvalue weighted by Crippen LogP contribution is 2.16. The Morgan fingerprint density at radius 1 is 1.04 bits per heavy atom. The summed E-state index contributed by atoms with van der Waals surface area (Å²) in [5.74, 6) is 0.163. The Kier molecular flexibility index (Phi) is 5.09. The monoisotopic (exact) mass is 310 g/mol. The molecule has 1 fully saturated rings. The SMILES string of the molecule is O=C(CNc1ccccc1)N1CCC(Nc2ccncc2)CC1. The normalized spacial score (nSPS) is 15.2. The minimum absolute atomic E-state index is 0.163. The molecule has 2 heterocycles. The summed E-state index contributed by atoms with van der Waals surface area (Å²) in [6.07, 6.45) is 5.52. The number of anilines is 2. The van der Waals surface area contributed by atoms with E-state index in [4.69, 9.17) is 0 Å². The fraction of sp³-hybridized carbons (Fsp3) is 0.333. The van der Waals surface area contributed by atoms with Gasteiger partial charge in [-0.15, -0.1) is 0 Å². The molecule has 2 N–H and O–H groups in total. The third kappa shape index (κ3) is 4.45. The zero-order chi connectivity index (χ0) is 15.9. The average Bonchev–Trinajstić information content (AvgIpc) is 2.62. The lowest BCUT2D eigenvalue weighted by Crippen LogP contribution is -2.44. The molecule has 0 radical (unpaired) electrons. The second kappa shape index (κ2) is 7.63. The summed E-state index contributed by atoms with van der Waals surface area (Å²) in [4.78, 5) is 18.2. The summed E-state index contributed by atoms with van der Waals surface area (Å²) in [6.45, 7) is 1.96. The van der Waals surface area contributed by atoms with Gasteiger partial charge in [0.1, 0.15) is 0 Å². The fourth-order valence-corrected chi connectivity index (χ4v) is 2.80. The molecule has 0 aliphatic carbocycles. The van der Waals surface area contributed by atoms with E-state index in [1.54, 1.807) is 12.4 Å². The lowest BCUT2D eigenvalue weighted by atomic mass is 10.0. The molecule has 1 aliphatic rings. The highest BCUT2D eigenvalue weighted by Gasteiger charge is 2.22. The third-order valence-electron chi connectivity index (χ3n) is 4.12. The van der Waals surface area contributed by atoms with Crippen LogP contribution in [0.5, 0.6) is 0 Å². The van der Waals surface area contributed by atoms with Crippen molar-refractivity contribution in [1.82, 2.24) is 9.88 Å². The Morgan fingerprint density at radius 2 is 1.74 bits per heavy atom. The highest BCUT2D eigenvalue weighted by molar-refractivity contribution is 5.81. The molecule has 5 heteroatoms. The van der Waals surface area contributed by atoms with Gasteiger partial charge in [-0.2, -0.15) is 0 Å². The molecule has 0 unspecified atom stereocenters. The van der Waals surface area contributed by atoms with Gasteiger partial charge in [0.05, 0.1) is 6.54 Å². The Labute approximate surface area is 136 Å². The molecule has 0 bridgehead atoms. The van der Waals surface area contributed by atoms with Crippen molar-refractivity contribution >= 4 is 17.3 Å². The topological polar surface area (TPSA) is 57.3 Å². The summed E-state index contributed by atoms with van der Waals surface area (Å²) in [5, 5.41) is 6.68. The maximum Gasteiger partial charge on any atom is 0.241 e. The van der Waals surface area contributed by atoms with Crippen LogP contribution in [0, 0.1) is 0 Å². The lowest BCUT2D eigenvalue weighted by Gasteiger charge is -2.33. The lowest BCUT2D eigenvalue weighted by molar-refractivity contribution is -0.130. The smallest absolute Gasteiger partial charge is 0.241 e. The number of carbonyl (C=O) groups is 1. The largest absolute Gasteiger partial charge is 0.382 e. The van der Waals surface area contributed by atoms with Gasteiger partial charge in [0.15, 0.2) is 0 Å². The maximum atomic E-state index is 12.3. The molecule has 5 nitrogen and oxygen atoms in total. The zero-order valence-electron chi connectivity index (χ0n) is 13.1. The Morgan fingerprint density at radius 3 is 2.43 bits per heavy atom. The number of nitrogens with one attached hydrogen (secondary N) is 2. The van der Waals surface area contributed by atoms with Crippen molar-refractivity contribution in [1.29, 1.82) is 0 Å². The summed E-state index contributed by atoms with van der Waals surface area (Å²) in [5.41, 5.74) is 2.07. The number of para-hydroxylation sites is 1. The van der Waals surface area contributed by atoms with Crippen molar-refractivity contribution in [3.8, 4) is 0 Å². The molecular formula is C18H22N4O. The van der Waals surface area contributed by atoms with Crippen LogP contribution in [0.4, 0.5) is 11.4 Å². The first-order chi connectivity index (χ1) is 11.3. The van der Waals surface area contributed by atoms with E-state index in [1.165, 1.54) is 0 Å². The van der Waals surface area contributed by atoms with E-state index in [0.717, 1.165) is 37.3 Å². The van der Waals surface area contributed by atoms with Gasteiger partial charge in [-0.1, -0.05) is 18.2 Å². The first-order valence-corrected chi connectivity index (χ1v) is 8.04. The van der Waals surface area contributed by atoms with Gasteiger partial charge in [-0.3, -0.25) is 9.78 Å². The molecule has 120 valence electrons. The van der Waals surface area contributed by atoms with E-state index in [9.17, 15) is 4.79 Å². The average molecular weight is 310 g/mol. The van der Waals surface area contributed by atoms with Crippen LogP contribution in [-0.4, -0.2) is 41.5 Å². The van der Waals surface area contributed by atoms with Crippen molar-refractivity contribution < 1.29 is 4.79 Å². The van der Waals surface area contributed by atoms with Crippen molar-refractivity contribution in [2.45, 2.75) is 18.9 Å². The van der Waals surface area contributed by atoms with E-state index in [-0.39, 0.29) is 5.91 Å². The number of benzene rings is 1. The van der Waals surface area contributed by atoms with Crippen LogP contribution in [0.1, 0.15) is 12.8 Å². The summed E-state index contributed by atoms with van der Waals surface area (Å²) in [7, 11) is 0. The van der Waals surface area contributed by atoms with Crippen LogP contribution in [0.15, 0.2) is 54.9 Å². The number of amides is 1. The summed E-state index contributed by atoms with van der Waals surface area (Å²) < 4.78 is 0. The number of hydrogen-bond donors (Lipinski definition) is 2. The second-order valence-corrected chi connectivity index (χ2v) is 5.75. The quantitative estimate of drug-likeness (QED) is 0.891. The molecule has 0 saturated carbocycles. The maximum absolute atomic E-state index is 12.3. The number of hydrogen-bond acceptors (Lipinski definition) is 4. The van der Waals surface area contributed by atoms with E-state index < -0.39 is 0 Å². The Hall–Kier alpha value is -2.56. The molecule has 0 spiro atoms. The number of nitrogens with zero attached hydrogens (tertiary/aromatic N) is 2. The van der Waals surface area contributed by atoms with Gasteiger partial charge in [0.2, 0.25) is 5.91 Å². The van der Waals surface area contributed by atoms with Gasteiger partial charge in [0.25, 0.3) is 0 Å². The fourth-order valence-electron chi connectivity index (χ4n) is 2.80. The van der Waals surface area contributed by atoms with Crippen LogP contribution >= 0.6 is 0 Å². The first-order valence-electron chi connectivity index (χ1n) is 8.04. The van der Waals surface area contributed by atoms with Crippen molar-refractivity contribution in [3.05, 3.63) is 54.9 Å². The van der Waals surface area contributed by atoms with Crippen LogP contribution in [0.25, 0.3) is 0 Å². The number of aromatic nitrogens is 1. The summed E-state index contributed by atoms with van der Waals surface area (Å²) in [6, 6.07) is 14.2. The van der Waals surface area contributed by atoms with Gasteiger partial charge in [-0.25, -0.2) is 0 Å². The molecule has 23 heavy (non-hydrogen) atoms. The van der Waals surface area contributed by atoms with Crippen molar-refractivity contribution in [2.24, 2.45) is 0 Å². The Balaban J connectivity index is 1.42. The third-order valence-corrected chi connectivity index (χ3v) is 4.12. The molecule has 2 aromatic rings. The number of carbonyl (C=O) groups excluding carboxylic acids is 1. The molecule has 0 atom stereocenters. The zero-order valence-corrected chi connectivity index (χ0v) is 13.1. The van der Waals surface area contributed by atoms with Gasteiger partial charge >= 0.3 is 0 Å². The minimum Gasteiger partial charge on any atom is -0.382 e. The number of rotatable bonds is 5.